The first-order valence-corrected chi connectivity index (χ1v) is 5.84. The topological polar surface area (TPSA) is 43.8 Å². The number of imidazole rings is 1. The molecule has 0 bridgehead atoms. The van der Waals surface area contributed by atoms with E-state index in [1.165, 1.54) is 34.9 Å². The van der Waals surface area contributed by atoms with Crippen LogP contribution in [0.5, 0.6) is 0 Å². The number of aromatic nitrogens is 2. The average Bonchev–Trinajstić information content (AvgIpc) is 2.68. The van der Waals surface area contributed by atoms with Crippen molar-refractivity contribution in [3.05, 3.63) is 53.1 Å². The standard InChI is InChI=1S/C13H8ClF2N3/c14-7-3-1-5-9(16)12(7)19-10-6-2-4-8(15)11(10)18-13(19)17/h1-6H,(H2,17,18). The highest BCUT2D eigenvalue weighted by atomic mass is 35.5. The van der Waals surface area contributed by atoms with E-state index < -0.39 is 11.6 Å². The van der Waals surface area contributed by atoms with E-state index in [0.717, 1.165) is 0 Å². The van der Waals surface area contributed by atoms with Gasteiger partial charge in [0, 0.05) is 0 Å². The van der Waals surface area contributed by atoms with E-state index in [4.69, 9.17) is 17.3 Å². The third kappa shape index (κ3) is 1.74. The fourth-order valence-electron chi connectivity index (χ4n) is 2.02. The van der Waals surface area contributed by atoms with Crippen LogP contribution in [0.25, 0.3) is 16.7 Å². The van der Waals surface area contributed by atoms with Gasteiger partial charge in [-0.15, -0.1) is 0 Å². The highest BCUT2D eigenvalue weighted by molar-refractivity contribution is 6.32. The predicted molar refractivity (Wildman–Crippen MR) is 70.4 cm³/mol. The highest BCUT2D eigenvalue weighted by Crippen LogP contribution is 2.30. The largest absolute Gasteiger partial charge is 0.369 e. The molecular weight excluding hydrogens is 272 g/mol. The molecule has 2 aromatic carbocycles. The van der Waals surface area contributed by atoms with E-state index in [2.05, 4.69) is 4.98 Å². The Kier molecular flexibility index (Phi) is 2.64. The Morgan fingerprint density at radius 3 is 2.47 bits per heavy atom. The van der Waals surface area contributed by atoms with E-state index in [0.29, 0.717) is 5.52 Å². The number of fused-ring (bicyclic) bond motifs is 1. The number of benzene rings is 2. The molecule has 0 fully saturated rings. The quantitative estimate of drug-likeness (QED) is 0.740. The van der Waals surface area contributed by atoms with Gasteiger partial charge in [-0.2, -0.15) is 0 Å². The number of rotatable bonds is 1. The third-order valence-electron chi connectivity index (χ3n) is 2.82. The third-order valence-corrected chi connectivity index (χ3v) is 3.13. The van der Waals surface area contributed by atoms with Gasteiger partial charge in [-0.3, -0.25) is 4.57 Å². The molecule has 0 atom stereocenters. The van der Waals surface area contributed by atoms with Crippen LogP contribution < -0.4 is 5.73 Å². The van der Waals surface area contributed by atoms with Crippen LogP contribution in [-0.4, -0.2) is 9.55 Å². The molecule has 1 heterocycles. The molecule has 0 aliphatic rings. The molecule has 0 unspecified atom stereocenters. The average molecular weight is 280 g/mol. The molecule has 0 spiro atoms. The van der Waals surface area contributed by atoms with Gasteiger partial charge in [0.15, 0.2) is 5.82 Å². The Morgan fingerprint density at radius 2 is 1.74 bits per heavy atom. The Labute approximate surface area is 112 Å². The summed E-state index contributed by atoms with van der Waals surface area (Å²) in [5.41, 5.74) is 6.26. The smallest absolute Gasteiger partial charge is 0.206 e. The summed E-state index contributed by atoms with van der Waals surface area (Å²) in [7, 11) is 0. The number of hydrogen-bond donors (Lipinski definition) is 1. The van der Waals surface area contributed by atoms with E-state index in [9.17, 15) is 8.78 Å². The lowest BCUT2D eigenvalue weighted by molar-refractivity contribution is 0.620. The molecule has 2 N–H and O–H groups in total. The summed E-state index contributed by atoms with van der Waals surface area (Å²) >= 11 is 6.00. The Balaban J connectivity index is 2.44. The van der Waals surface area contributed by atoms with Crippen LogP contribution in [0.1, 0.15) is 0 Å². The van der Waals surface area contributed by atoms with Gasteiger partial charge >= 0.3 is 0 Å². The van der Waals surface area contributed by atoms with Crippen molar-refractivity contribution in [2.45, 2.75) is 0 Å². The molecule has 1 aromatic heterocycles. The van der Waals surface area contributed by atoms with Crippen molar-refractivity contribution >= 4 is 28.6 Å². The van der Waals surface area contributed by atoms with Crippen LogP contribution >= 0.6 is 11.6 Å². The van der Waals surface area contributed by atoms with Crippen LogP contribution in [0.4, 0.5) is 14.7 Å². The normalized spacial score (nSPS) is 11.1. The molecule has 0 saturated heterocycles. The van der Waals surface area contributed by atoms with E-state index in [1.807, 2.05) is 0 Å². The fraction of sp³-hybridized carbons (Fsp3) is 0. The lowest BCUT2D eigenvalue weighted by Gasteiger charge is -2.09. The Hall–Kier alpha value is -2.14. The summed E-state index contributed by atoms with van der Waals surface area (Å²) in [5, 5.41) is 0.176. The van der Waals surface area contributed by atoms with Crippen molar-refractivity contribution in [3.8, 4) is 5.69 Å². The lowest BCUT2D eigenvalue weighted by Crippen LogP contribution is -2.03. The SMILES string of the molecule is Nc1nc2c(F)cccc2n1-c1c(F)cccc1Cl. The number of hydrogen-bond acceptors (Lipinski definition) is 2. The van der Waals surface area contributed by atoms with Crippen molar-refractivity contribution in [3.63, 3.8) is 0 Å². The van der Waals surface area contributed by atoms with E-state index in [1.54, 1.807) is 6.07 Å². The summed E-state index contributed by atoms with van der Waals surface area (Å²) in [4.78, 5) is 3.91. The predicted octanol–water partition coefficient (Wildman–Crippen LogP) is 3.54. The minimum Gasteiger partial charge on any atom is -0.369 e. The maximum absolute atomic E-state index is 13.9. The number of para-hydroxylation sites is 2. The Morgan fingerprint density at radius 1 is 1.05 bits per heavy atom. The minimum absolute atomic E-state index is 0.0212. The van der Waals surface area contributed by atoms with E-state index >= 15 is 0 Å². The summed E-state index contributed by atoms with van der Waals surface area (Å²) in [6.45, 7) is 0. The van der Waals surface area contributed by atoms with Crippen LogP contribution in [0, 0.1) is 11.6 Å². The zero-order valence-electron chi connectivity index (χ0n) is 9.57. The van der Waals surface area contributed by atoms with Gasteiger partial charge in [0.05, 0.1) is 10.5 Å². The summed E-state index contributed by atoms with van der Waals surface area (Å²) in [6.07, 6.45) is 0. The first-order valence-electron chi connectivity index (χ1n) is 5.46. The van der Waals surface area contributed by atoms with E-state index in [-0.39, 0.29) is 22.2 Å². The zero-order chi connectivity index (χ0) is 13.6. The van der Waals surface area contributed by atoms with Crippen LogP contribution in [-0.2, 0) is 0 Å². The first-order chi connectivity index (χ1) is 9.09. The van der Waals surface area contributed by atoms with Gasteiger partial charge in [0.25, 0.3) is 0 Å². The van der Waals surface area contributed by atoms with Gasteiger partial charge in [-0.25, -0.2) is 13.8 Å². The van der Waals surface area contributed by atoms with Gasteiger partial charge in [0.1, 0.15) is 17.0 Å². The van der Waals surface area contributed by atoms with Crippen molar-refractivity contribution in [1.29, 1.82) is 0 Å². The van der Waals surface area contributed by atoms with Gasteiger partial charge in [0.2, 0.25) is 5.95 Å². The maximum atomic E-state index is 13.9. The number of nitrogens with zero attached hydrogens (tertiary/aromatic N) is 2. The molecular formula is C13H8ClF2N3. The molecule has 3 nitrogen and oxygen atoms in total. The molecule has 0 amide bonds. The minimum atomic E-state index is -0.553. The van der Waals surface area contributed by atoms with Gasteiger partial charge in [-0.05, 0) is 24.3 Å². The first kappa shape index (κ1) is 11.9. The molecule has 0 aliphatic heterocycles. The molecule has 3 rings (SSSR count). The van der Waals surface area contributed by atoms with Crippen LogP contribution in [0.15, 0.2) is 36.4 Å². The summed E-state index contributed by atoms with van der Waals surface area (Å²) in [6, 6.07) is 8.64. The number of anilines is 1. The second kappa shape index (κ2) is 4.20. The van der Waals surface area contributed by atoms with Gasteiger partial charge < -0.3 is 5.73 Å². The monoisotopic (exact) mass is 279 g/mol. The summed E-state index contributed by atoms with van der Waals surface area (Å²) < 4.78 is 28.9. The van der Waals surface area contributed by atoms with Crippen molar-refractivity contribution in [2.24, 2.45) is 0 Å². The fourth-order valence-corrected chi connectivity index (χ4v) is 2.27. The number of halogens is 3. The molecule has 0 saturated carbocycles. The molecule has 3 aromatic rings. The molecule has 19 heavy (non-hydrogen) atoms. The molecule has 96 valence electrons. The second-order valence-electron chi connectivity index (χ2n) is 3.98. The zero-order valence-corrected chi connectivity index (χ0v) is 10.3. The Bertz CT molecular complexity index is 763. The molecule has 0 radical (unpaired) electrons. The second-order valence-corrected chi connectivity index (χ2v) is 4.39. The number of nitrogen functional groups attached to an aromatic ring is 1. The number of nitrogens with two attached hydrogens (primary N) is 1. The van der Waals surface area contributed by atoms with Crippen molar-refractivity contribution < 1.29 is 8.78 Å². The van der Waals surface area contributed by atoms with Crippen molar-refractivity contribution in [2.75, 3.05) is 5.73 Å². The maximum Gasteiger partial charge on any atom is 0.206 e. The lowest BCUT2D eigenvalue weighted by atomic mass is 10.2. The van der Waals surface area contributed by atoms with Crippen molar-refractivity contribution in [1.82, 2.24) is 9.55 Å². The van der Waals surface area contributed by atoms with Gasteiger partial charge in [-0.1, -0.05) is 23.7 Å². The molecule has 6 heteroatoms. The summed E-state index contributed by atoms with van der Waals surface area (Å²) in [5.74, 6) is -1.09. The van der Waals surface area contributed by atoms with Crippen LogP contribution in [0.3, 0.4) is 0 Å². The van der Waals surface area contributed by atoms with Crippen LogP contribution in [0.2, 0.25) is 5.02 Å². The highest BCUT2D eigenvalue weighted by Gasteiger charge is 2.17. The molecule has 0 aliphatic carbocycles.